The highest BCUT2D eigenvalue weighted by molar-refractivity contribution is 6.42. The molecule has 1 aliphatic heterocycles. The number of hydrogen-bond acceptors (Lipinski definition) is 4. The number of amides is 1. The fraction of sp³-hybridized carbons (Fsp3) is 0.200. The van der Waals surface area contributed by atoms with Crippen LogP contribution in [0.15, 0.2) is 51.7 Å². The largest absolute Gasteiger partial charge is 0.450 e. The van der Waals surface area contributed by atoms with Gasteiger partial charge in [-0.25, -0.2) is 0 Å². The van der Waals surface area contributed by atoms with Crippen LogP contribution in [0.1, 0.15) is 27.7 Å². The molecule has 5 nitrogen and oxygen atoms in total. The molecular weight excluding hydrogens is 389 g/mol. The van der Waals surface area contributed by atoms with Crippen molar-refractivity contribution in [3.8, 4) is 0 Å². The highest BCUT2D eigenvalue weighted by Gasteiger charge is 2.42. The van der Waals surface area contributed by atoms with E-state index >= 15 is 0 Å². The lowest BCUT2D eigenvalue weighted by atomic mass is 9.98. The molecule has 1 aliphatic rings. The Morgan fingerprint density at radius 2 is 1.89 bits per heavy atom. The molecule has 0 aliphatic carbocycles. The Labute approximate surface area is 165 Å². The van der Waals surface area contributed by atoms with Crippen LogP contribution < -0.4 is 5.43 Å². The first kappa shape index (κ1) is 18.0. The number of hydrogen-bond donors (Lipinski definition) is 0. The minimum absolute atomic E-state index is 0.0610. The molecule has 0 radical (unpaired) electrons. The topological polar surface area (TPSA) is 59.8 Å². The summed E-state index contributed by atoms with van der Waals surface area (Å²) < 4.78 is 11.0. The molecule has 7 heteroatoms. The van der Waals surface area contributed by atoms with Gasteiger partial charge in [0.1, 0.15) is 5.58 Å². The van der Waals surface area contributed by atoms with Crippen molar-refractivity contribution in [3.63, 3.8) is 0 Å². The standard InChI is InChI=1S/C20H15Cl2NO4/c1-26-9-8-23-17(11-6-7-13(21)14(22)10-11)16-18(24)12-4-2-3-5-15(12)27-19(16)20(23)25/h2-7,10,17H,8-9H2,1H3. The Bertz CT molecular complexity index is 1110. The van der Waals surface area contributed by atoms with Crippen LogP contribution in [0.25, 0.3) is 11.0 Å². The molecular formula is C20H15Cl2NO4. The minimum atomic E-state index is -0.613. The van der Waals surface area contributed by atoms with Crippen LogP contribution >= 0.6 is 23.2 Å². The molecule has 1 atom stereocenters. The summed E-state index contributed by atoms with van der Waals surface area (Å²) in [6.07, 6.45) is 0. The lowest BCUT2D eigenvalue weighted by molar-refractivity contribution is 0.0663. The normalized spacial score (nSPS) is 16.2. The Hall–Kier alpha value is -2.34. The van der Waals surface area contributed by atoms with Gasteiger partial charge in [-0.15, -0.1) is 0 Å². The van der Waals surface area contributed by atoms with E-state index in [1.54, 1.807) is 54.5 Å². The molecule has 0 saturated heterocycles. The summed E-state index contributed by atoms with van der Waals surface area (Å²) in [5, 5.41) is 1.19. The fourth-order valence-electron chi connectivity index (χ4n) is 3.42. The van der Waals surface area contributed by atoms with E-state index in [1.807, 2.05) is 0 Å². The van der Waals surface area contributed by atoms with E-state index in [2.05, 4.69) is 0 Å². The minimum Gasteiger partial charge on any atom is -0.450 e. The maximum Gasteiger partial charge on any atom is 0.290 e. The third-order valence-electron chi connectivity index (χ3n) is 4.67. The summed E-state index contributed by atoms with van der Waals surface area (Å²) in [5.41, 5.74) is 1.16. The van der Waals surface area contributed by atoms with E-state index in [9.17, 15) is 9.59 Å². The number of benzene rings is 2. The second kappa shape index (κ2) is 7.00. The number of carbonyl (C=O) groups excluding carboxylic acids is 1. The summed E-state index contributed by atoms with van der Waals surface area (Å²) in [4.78, 5) is 27.8. The predicted octanol–water partition coefficient (Wildman–Crippen LogP) is 4.29. The average Bonchev–Trinajstić information content (AvgIpc) is 2.95. The molecule has 138 valence electrons. The molecule has 0 fully saturated rings. The molecule has 0 N–H and O–H groups in total. The smallest absolute Gasteiger partial charge is 0.290 e. The van der Waals surface area contributed by atoms with E-state index in [-0.39, 0.29) is 17.1 Å². The van der Waals surface area contributed by atoms with Crippen LogP contribution in [0.5, 0.6) is 0 Å². The molecule has 1 unspecified atom stereocenters. The number of methoxy groups -OCH3 is 1. The van der Waals surface area contributed by atoms with Crippen molar-refractivity contribution in [1.82, 2.24) is 4.90 Å². The third-order valence-corrected chi connectivity index (χ3v) is 5.41. The summed E-state index contributed by atoms with van der Waals surface area (Å²) in [5.74, 6) is -0.285. The molecule has 27 heavy (non-hydrogen) atoms. The zero-order chi connectivity index (χ0) is 19.1. The van der Waals surface area contributed by atoms with E-state index in [0.29, 0.717) is 45.3 Å². The van der Waals surface area contributed by atoms with Crippen LogP contribution in [0, 0.1) is 0 Å². The first-order valence-electron chi connectivity index (χ1n) is 8.33. The van der Waals surface area contributed by atoms with Crippen LogP contribution in [-0.4, -0.2) is 31.1 Å². The van der Waals surface area contributed by atoms with Gasteiger partial charge < -0.3 is 14.1 Å². The summed E-state index contributed by atoms with van der Waals surface area (Å²) in [6.45, 7) is 0.630. The second-order valence-electron chi connectivity index (χ2n) is 6.24. The number of ether oxygens (including phenoxy) is 1. The fourth-order valence-corrected chi connectivity index (χ4v) is 3.72. The van der Waals surface area contributed by atoms with Crippen molar-refractivity contribution in [2.24, 2.45) is 0 Å². The van der Waals surface area contributed by atoms with Crippen molar-refractivity contribution in [3.05, 3.63) is 79.6 Å². The monoisotopic (exact) mass is 403 g/mol. The SMILES string of the molecule is COCCN1C(=O)c2oc3ccccc3c(=O)c2C1c1ccc(Cl)c(Cl)c1. The van der Waals surface area contributed by atoms with Crippen molar-refractivity contribution < 1.29 is 13.9 Å². The number of carbonyl (C=O) groups is 1. The lowest BCUT2D eigenvalue weighted by Gasteiger charge is -2.25. The van der Waals surface area contributed by atoms with Crippen LogP contribution in [0.4, 0.5) is 0 Å². The zero-order valence-electron chi connectivity index (χ0n) is 14.4. The zero-order valence-corrected chi connectivity index (χ0v) is 15.9. The molecule has 1 amide bonds. The van der Waals surface area contributed by atoms with Crippen LogP contribution in [0.3, 0.4) is 0 Å². The number of nitrogens with zero attached hydrogens (tertiary/aromatic N) is 1. The Balaban J connectivity index is 1.97. The van der Waals surface area contributed by atoms with Gasteiger partial charge in [0, 0.05) is 13.7 Å². The van der Waals surface area contributed by atoms with Gasteiger partial charge in [-0.3, -0.25) is 9.59 Å². The van der Waals surface area contributed by atoms with Gasteiger partial charge in [-0.05, 0) is 29.8 Å². The maximum atomic E-state index is 13.2. The quantitative estimate of drug-likeness (QED) is 0.651. The van der Waals surface area contributed by atoms with E-state index < -0.39 is 6.04 Å². The number of halogens is 2. The number of fused-ring (bicyclic) bond motifs is 2. The summed E-state index contributed by atoms with van der Waals surface area (Å²) >= 11 is 12.2. The Kier molecular flexibility index (Phi) is 4.68. The highest BCUT2D eigenvalue weighted by Crippen LogP contribution is 2.39. The van der Waals surface area contributed by atoms with Crippen molar-refractivity contribution >= 4 is 40.1 Å². The predicted molar refractivity (Wildman–Crippen MR) is 104 cm³/mol. The molecule has 4 rings (SSSR count). The lowest BCUT2D eigenvalue weighted by Crippen LogP contribution is -2.32. The third kappa shape index (κ3) is 2.92. The van der Waals surface area contributed by atoms with Crippen molar-refractivity contribution in [1.29, 1.82) is 0 Å². The van der Waals surface area contributed by atoms with Crippen LogP contribution in [-0.2, 0) is 4.74 Å². The van der Waals surface area contributed by atoms with Gasteiger partial charge in [0.15, 0.2) is 5.43 Å². The maximum absolute atomic E-state index is 13.2. The van der Waals surface area contributed by atoms with Crippen molar-refractivity contribution in [2.45, 2.75) is 6.04 Å². The van der Waals surface area contributed by atoms with Gasteiger partial charge in [0.25, 0.3) is 5.91 Å². The summed E-state index contributed by atoms with van der Waals surface area (Å²) in [7, 11) is 1.56. The molecule has 2 heterocycles. The number of para-hydroxylation sites is 1. The van der Waals surface area contributed by atoms with Gasteiger partial charge >= 0.3 is 0 Å². The van der Waals surface area contributed by atoms with E-state index in [0.717, 1.165) is 0 Å². The molecule has 3 aromatic rings. The molecule has 0 spiro atoms. The molecule has 2 aromatic carbocycles. The highest BCUT2D eigenvalue weighted by atomic mass is 35.5. The average molecular weight is 404 g/mol. The van der Waals surface area contributed by atoms with Gasteiger partial charge in [-0.2, -0.15) is 0 Å². The first-order chi connectivity index (χ1) is 13.0. The molecule has 0 bridgehead atoms. The van der Waals surface area contributed by atoms with Gasteiger partial charge in [0.2, 0.25) is 5.76 Å². The Morgan fingerprint density at radius 1 is 1.11 bits per heavy atom. The van der Waals surface area contributed by atoms with Gasteiger partial charge in [0.05, 0.1) is 33.6 Å². The molecule has 0 saturated carbocycles. The Morgan fingerprint density at radius 3 is 2.63 bits per heavy atom. The first-order valence-corrected chi connectivity index (χ1v) is 9.09. The second-order valence-corrected chi connectivity index (χ2v) is 7.05. The van der Waals surface area contributed by atoms with Crippen LogP contribution in [0.2, 0.25) is 10.0 Å². The van der Waals surface area contributed by atoms with Crippen molar-refractivity contribution in [2.75, 3.05) is 20.3 Å². The summed E-state index contributed by atoms with van der Waals surface area (Å²) in [6, 6.07) is 11.4. The molecule has 1 aromatic heterocycles. The number of rotatable bonds is 4. The van der Waals surface area contributed by atoms with Gasteiger partial charge in [-0.1, -0.05) is 41.4 Å². The van der Waals surface area contributed by atoms with E-state index in [4.69, 9.17) is 32.4 Å². The van der Waals surface area contributed by atoms with E-state index in [1.165, 1.54) is 0 Å².